The van der Waals surface area contributed by atoms with E-state index in [0.717, 1.165) is 17.0 Å². The predicted molar refractivity (Wildman–Crippen MR) is 60.9 cm³/mol. The first kappa shape index (κ1) is 14.3. The Morgan fingerprint density at radius 2 is 2.05 bits per heavy atom. The molecule has 0 aromatic carbocycles. The van der Waals surface area contributed by atoms with Gasteiger partial charge in [0.15, 0.2) is 0 Å². The second-order valence-corrected chi connectivity index (χ2v) is 4.42. The Balaban J connectivity index is 2.19. The number of halogens is 3. The van der Waals surface area contributed by atoms with Gasteiger partial charge in [0.05, 0.1) is 5.56 Å². The molecule has 1 aromatic heterocycles. The number of aliphatic carboxylic acids is 1. The lowest BCUT2D eigenvalue weighted by atomic mass is 10.2. The summed E-state index contributed by atoms with van der Waals surface area (Å²) >= 11 is 0. The van der Waals surface area contributed by atoms with Crippen LogP contribution in [0.3, 0.4) is 0 Å². The molecule has 1 aromatic rings. The highest BCUT2D eigenvalue weighted by Crippen LogP contribution is 2.28. The number of hydrogen-bond donors (Lipinski definition) is 1. The van der Waals surface area contributed by atoms with Gasteiger partial charge in [-0.05, 0) is 25.0 Å². The number of pyridine rings is 1. The van der Waals surface area contributed by atoms with Crippen molar-refractivity contribution < 1.29 is 27.9 Å². The van der Waals surface area contributed by atoms with Crippen LogP contribution in [-0.2, 0) is 11.0 Å². The molecular formula is C12H11F3N2O3. The fourth-order valence-corrected chi connectivity index (χ4v) is 2.10. The lowest BCUT2D eigenvalue weighted by Crippen LogP contribution is -2.40. The van der Waals surface area contributed by atoms with Gasteiger partial charge in [0.2, 0.25) is 0 Å². The normalized spacial score (nSPS) is 19.1. The number of carboxylic acids is 1. The summed E-state index contributed by atoms with van der Waals surface area (Å²) in [6.45, 7) is 0.262. The predicted octanol–water partition coefficient (Wildman–Crippen LogP) is 1.79. The van der Waals surface area contributed by atoms with Crippen LogP contribution < -0.4 is 0 Å². The van der Waals surface area contributed by atoms with Crippen LogP contribution in [0.5, 0.6) is 0 Å². The van der Waals surface area contributed by atoms with E-state index in [1.54, 1.807) is 0 Å². The maximum atomic E-state index is 12.4. The van der Waals surface area contributed by atoms with Crippen molar-refractivity contribution in [2.45, 2.75) is 25.1 Å². The lowest BCUT2D eigenvalue weighted by molar-refractivity contribution is -0.141. The number of nitrogens with zero attached hydrogens (tertiary/aromatic N) is 2. The van der Waals surface area contributed by atoms with Crippen molar-refractivity contribution in [1.82, 2.24) is 9.88 Å². The third kappa shape index (κ3) is 2.73. The monoisotopic (exact) mass is 288 g/mol. The third-order valence-electron chi connectivity index (χ3n) is 3.11. The summed E-state index contributed by atoms with van der Waals surface area (Å²) in [6, 6.07) is 0.778. The molecule has 0 aliphatic carbocycles. The van der Waals surface area contributed by atoms with E-state index >= 15 is 0 Å². The Hall–Kier alpha value is -2.12. The zero-order valence-corrected chi connectivity index (χ0v) is 10.2. The minimum Gasteiger partial charge on any atom is -0.480 e. The molecule has 0 spiro atoms. The zero-order chi connectivity index (χ0) is 14.9. The van der Waals surface area contributed by atoms with Crippen LogP contribution in [0.1, 0.15) is 28.9 Å². The molecule has 2 rings (SSSR count). The van der Waals surface area contributed by atoms with Crippen LogP contribution in [-0.4, -0.2) is 39.5 Å². The average Bonchev–Trinajstić information content (AvgIpc) is 2.86. The van der Waals surface area contributed by atoms with E-state index < -0.39 is 29.7 Å². The fraction of sp³-hybridized carbons (Fsp3) is 0.417. The van der Waals surface area contributed by atoms with E-state index in [9.17, 15) is 22.8 Å². The van der Waals surface area contributed by atoms with Crippen molar-refractivity contribution >= 4 is 11.9 Å². The van der Waals surface area contributed by atoms with Crippen LogP contribution in [0.4, 0.5) is 13.2 Å². The summed E-state index contributed by atoms with van der Waals surface area (Å²) in [7, 11) is 0. The number of hydrogen-bond acceptors (Lipinski definition) is 3. The standard InChI is InChI=1S/C12H11F3N2O3/c13-12(14,15)7-3-4-8(16-6-7)10(18)17-5-1-2-9(17)11(19)20/h3-4,6,9H,1-2,5H2,(H,19,20). The Kier molecular flexibility index (Phi) is 3.65. The second kappa shape index (κ2) is 5.10. The van der Waals surface area contributed by atoms with E-state index in [-0.39, 0.29) is 12.2 Å². The highest BCUT2D eigenvalue weighted by molar-refractivity contribution is 5.95. The molecule has 0 bridgehead atoms. The van der Waals surface area contributed by atoms with Gasteiger partial charge in [-0.2, -0.15) is 13.2 Å². The quantitative estimate of drug-likeness (QED) is 0.900. The number of amides is 1. The molecule has 1 aliphatic heterocycles. The van der Waals surface area contributed by atoms with Gasteiger partial charge in [-0.15, -0.1) is 0 Å². The van der Waals surface area contributed by atoms with Crippen molar-refractivity contribution in [3.63, 3.8) is 0 Å². The molecule has 20 heavy (non-hydrogen) atoms. The molecule has 1 aliphatic rings. The van der Waals surface area contributed by atoms with E-state index in [2.05, 4.69) is 4.98 Å². The second-order valence-electron chi connectivity index (χ2n) is 4.42. The summed E-state index contributed by atoms with van der Waals surface area (Å²) in [6.07, 6.45) is -3.07. The number of carbonyl (C=O) groups is 2. The fourth-order valence-electron chi connectivity index (χ4n) is 2.10. The summed E-state index contributed by atoms with van der Waals surface area (Å²) < 4.78 is 37.1. The van der Waals surface area contributed by atoms with Crippen molar-refractivity contribution in [3.05, 3.63) is 29.6 Å². The molecule has 1 atom stereocenters. The number of rotatable bonds is 2. The van der Waals surface area contributed by atoms with Crippen LogP contribution in [0.15, 0.2) is 18.3 Å². The first-order valence-corrected chi connectivity index (χ1v) is 5.87. The van der Waals surface area contributed by atoms with Crippen molar-refractivity contribution in [3.8, 4) is 0 Å². The SMILES string of the molecule is O=C(O)C1CCCN1C(=O)c1ccc(C(F)(F)F)cn1. The van der Waals surface area contributed by atoms with Crippen LogP contribution in [0.2, 0.25) is 0 Å². The highest BCUT2D eigenvalue weighted by atomic mass is 19.4. The van der Waals surface area contributed by atoms with Crippen molar-refractivity contribution in [2.24, 2.45) is 0 Å². The lowest BCUT2D eigenvalue weighted by Gasteiger charge is -2.20. The minimum absolute atomic E-state index is 0.189. The number of aromatic nitrogens is 1. The van der Waals surface area contributed by atoms with E-state index in [1.165, 1.54) is 0 Å². The Morgan fingerprint density at radius 1 is 1.35 bits per heavy atom. The van der Waals surface area contributed by atoms with E-state index in [4.69, 9.17) is 5.11 Å². The molecule has 1 N–H and O–H groups in total. The van der Waals surface area contributed by atoms with Gasteiger partial charge in [0.25, 0.3) is 5.91 Å². The Labute approximate surface area is 112 Å². The van der Waals surface area contributed by atoms with E-state index in [0.29, 0.717) is 19.0 Å². The molecule has 0 radical (unpaired) electrons. The highest BCUT2D eigenvalue weighted by Gasteiger charge is 2.35. The first-order valence-electron chi connectivity index (χ1n) is 5.87. The van der Waals surface area contributed by atoms with Gasteiger partial charge in [0, 0.05) is 12.7 Å². The number of likely N-dealkylation sites (tertiary alicyclic amines) is 1. The van der Waals surface area contributed by atoms with Crippen molar-refractivity contribution in [2.75, 3.05) is 6.54 Å². The topological polar surface area (TPSA) is 70.5 Å². The largest absolute Gasteiger partial charge is 0.480 e. The zero-order valence-electron chi connectivity index (χ0n) is 10.2. The minimum atomic E-state index is -4.52. The summed E-state index contributed by atoms with van der Waals surface area (Å²) in [5, 5.41) is 8.97. The van der Waals surface area contributed by atoms with Gasteiger partial charge in [-0.25, -0.2) is 4.79 Å². The maximum Gasteiger partial charge on any atom is 0.417 e. The van der Waals surface area contributed by atoms with Gasteiger partial charge in [-0.3, -0.25) is 9.78 Å². The molecule has 1 saturated heterocycles. The first-order chi connectivity index (χ1) is 9.30. The smallest absolute Gasteiger partial charge is 0.417 e. The summed E-state index contributed by atoms with van der Waals surface area (Å²) in [5.41, 5.74) is -1.14. The van der Waals surface area contributed by atoms with E-state index in [1.807, 2.05) is 0 Å². The van der Waals surface area contributed by atoms with Gasteiger partial charge in [-0.1, -0.05) is 0 Å². The average molecular weight is 288 g/mol. The molecule has 108 valence electrons. The summed E-state index contributed by atoms with van der Waals surface area (Å²) in [4.78, 5) is 27.6. The number of carbonyl (C=O) groups excluding carboxylic acids is 1. The van der Waals surface area contributed by atoms with Crippen LogP contribution in [0.25, 0.3) is 0 Å². The van der Waals surface area contributed by atoms with Crippen LogP contribution in [0, 0.1) is 0 Å². The van der Waals surface area contributed by atoms with Gasteiger partial charge in [0.1, 0.15) is 11.7 Å². The molecule has 1 unspecified atom stereocenters. The molecule has 8 heteroatoms. The van der Waals surface area contributed by atoms with Gasteiger partial charge < -0.3 is 10.0 Å². The molecule has 0 saturated carbocycles. The van der Waals surface area contributed by atoms with Crippen LogP contribution >= 0.6 is 0 Å². The molecule has 1 fully saturated rings. The van der Waals surface area contributed by atoms with Gasteiger partial charge >= 0.3 is 12.1 Å². The van der Waals surface area contributed by atoms with Crippen molar-refractivity contribution in [1.29, 1.82) is 0 Å². The Bertz CT molecular complexity index is 528. The molecule has 5 nitrogen and oxygen atoms in total. The number of alkyl halides is 3. The third-order valence-corrected chi connectivity index (χ3v) is 3.11. The summed E-state index contributed by atoms with van der Waals surface area (Å²) in [5.74, 6) is -1.79. The number of carboxylic acid groups (broad SMARTS) is 1. The molecule has 2 heterocycles. The maximum absolute atomic E-state index is 12.4. The molecule has 1 amide bonds. The molecular weight excluding hydrogens is 277 g/mol. The Morgan fingerprint density at radius 3 is 2.55 bits per heavy atom.